The molecule has 0 fully saturated rings. The molecule has 1 rings (SSSR count). The summed E-state index contributed by atoms with van der Waals surface area (Å²) in [5.74, 6) is 1.18. The Morgan fingerprint density at radius 2 is 1.57 bits per heavy atom. The van der Waals surface area contributed by atoms with Gasteiger partial charge in [-0.3, -0.25) is 0 Å². The summed E-state index contributed by atoms with van der Waals surface area (Å²) in [7, 11) is 3.15. The predicted octanol–water partition coefficient (Wildman–Crippen LogP) is 5.14. The number of halogens is 1. The zero-order chi connectivity index (χ0) is 15.7. The molecule has 1 aromatic carbocycles. The van der Waals surface area contributed by atoms with Gasteiger partial charge in [0.15, 0.2) is 11.5 Å². The van der Waals surface area contributed by atoms with Crippen LogP contribution in [-0.2, 0) is 0 Å². The van der Waals surface area contributed by atoms with Crippen LogP contribution in [0.3, 0.4) is 0 Å². The number of hydrogen-bond acceptors (Lipinski definition) is 3. The molecule has 1 N–H and O–H groups in total. The van der Waals surface area contributed by atoms with Gasteiger partial charge >= 0.3 is 0 Å². The molecule has 0 aliphatic rings. The molecule has 1 unspecified atom stereocenters. The number of ether oxygens (including phenoxy) is 2. The molecule has 0 aliphatic carbocycles. The smallest absolute Gasteiger partial charge is 0.162 e. The van der Waals surface area contributed by atoms with Crippen molar-refractivity contribution >= 4 is 11.6 Å². The van der Waals surface area contributed by atoms with E-state index in [1.807, 2.05) is 0 Å². The molecule has 0 radical (unpaired) electrons. The average molecular weight is 315 g/mol. The Balaban J connectivity index is 2.55. The highest BCUT2D eigenvalue weighted by atomic mass is 35.5. The minimum absolute atomic E-state index is 0.520. The third-order valence-electron chi connectivity index (χ3n) is 3.69. The zero-order valence-electron chi connectivity index (χ0n) is 13.3. The molecule has 0 saturated heterocycles. The number of rotatable bonds is 10. The van der Waals surface area contributed by atoms with Gasteiger partial charge in [-0.15, -0.1) is 0 Å². The highest BCUT2D eigenvalue weighted by molar-refractivity contribution is 6.31. The van der Waals surface area contributed by atoms with Crippen LogP contribution in [0, 0.1) is 0 Å². The van der Waals surface area contributed by atoms with Crippen LogP contribution >= 0.6 is 11.6 Å². The zero-order valence-corrected chi connectivity index (χ0v) is 14.1. The SMILES string of the molecule is CCCCCCCCC(O)c1cc(OC)c(OC)cc1Cl. The summed E-state index contributed by atoms with van der Waals surface area (Å²) in [5, 5.41) is 10.8. The van der Waals surface area contributed by atoms with Crippen molar-refractivity contribution < 1.29 is 14.6 Å². The molecule has 21 heavy (non-hydrogen) atoms. The second kappa shape index (κ2) is 9.91. The van der Waals surface area contributed by atoms with E-state index in [9.17, 15) is 5.11 Å². The average Bonchev–Trinajstić information content (AvgIpc) is 2.50. The van der Waals surface area contributed by atoms with Crippen LogP contribution in [0.15, 0.2) is 12.1 Å². The molecular weight excluding hydrogens is 288 g/mol. The molecule has 0 spiro atoms. The van der Waals surface area contributed by atoms with E-state index in [2.05, 4.69) is 6.92 Å². The molecule has 3 nitrogen and oxygen atoms in total. The molecular formula is C17H27ClO3. The van der Waals surface area contributed by atoms with Crippen molar-refractivity contribution in [2.24, 2.45) is 0 Å². The topological polar surface area (TPSA) is 38.7 Å². The second-order valence-electron chi connectivity index (χ2n) is 5.30. The van der Waals surface area contributed by atoms with E-state index < -0.39 is 6.10 Å². The summed E-state index contributed by atoms with van der Waals surface area (Å²) < 4.78 is 10.5. The first kappa shape index (κ1) is 18.1. The summed E-state index contributed by atoms with van der Waals surface area (Å²) >= 11 is 6.22. The van der Waals surface area contributed by atoms with E-state index in [0.29, 0.717) is 22.1 Å². The lowest BCUT2D eigenvalue weighted by Crippen LogP contribution is -2.01. The lowest BCUT2D eigenvalue weighted by molar-refractivity contribution is 0.163. The number of unbranched alkanes of at least 4 members (excludes halogenated alkanes) is 5. The Labute approximate surface area is 133 Å². The van der Waals surface area contributed by atoms with Gasteiger partial charge in [-0.05, 0) is 12.5 Å². The Kier molecular flexibility index (Phi) is 8.55. The predicted molar refractivity (Wildman–Crippen MR) is 87.5 cm³/mol. The molecule has 120 valence electrons. The molecule has 1 aromatic rings. The van der Waals surface area contributed by atoms with E-state index in [0.717, 1.165) is 19.3 Å². The van der Waals surface area contributed by atoms with Gasteiger partial charge in [-0.1, -0.05) is 57.0 Å². The molecule has 0 heterocycles. The minimum atomic E-state index is -0.552. The fraction of sp³-hybridized carbons (Fsp3) is 0.647. The second-order valence-corrected chi connectivity index (χ2v) is 5.71. The summed E-state index contributed by atoms with van der Waals surface area (Å²) in [4.78, 5) is 0. The van der Waals surface area contributed by atoms with Gasteiger partial charge < -0.3 is 14.6 Å². The molecule has 0 bridgehead atoms. The first-order valence-electron chi connectivity index (χ1n) is 7.73. The fourth-order valence-electron chi connectivity index (χ4n) is 2.40. The van der Waals surface area contributed by atoms with E-state index in [1.54, 1.807) is 26.4 Å². The Morgan fingerprint density at radius 1 is 1.00 bits per heavy atom. The molecule has 0 saturated carbocycles. The summed E-state index contributed by atoms with van der Waals surface area (Å²) in [6.45, 7) is 2.21. The molecule has 0 aliphatic heterocycles. The van der Waals surface area contributed by atoms with Crippen molar-refractivity contribution in [3.8, 4) is 11.5 Å². The van der Waals surface area contributed by atoms with Crippen molar-refractivity contribution in [2.75, 3.05) is 14.2 Å². The number of benzene rings is 1. The van der Waals surface area contributed by atoms with Crippen molar-refractivity contribution in [2.45, 2.75) is 58.0 Å². The van der Waals surface area contributed by atoms with Crippen LogP contribution in [0.1, 0.15) is 63.5 Å². The number of aliphatic hydroxyl groups excluding tert-OH is 1. The third kappa shape index (κ3) is 5.76. The lowest BCUT2D eigenvalue weighted by atomic mass is 10.0. The molecule has 1 atom stereocenters. The molecule has 0 amide bonds. The van der Waals surface area contributed by atoms with E-state index in [1.165, 1.54) is 25.7 Å². The summed E-state index contributed by atoms with van der Waals surface area (Å²) in [5.41, 5.74) is 0.711. The molecule has 0 aromatic heterocycles. The van der Waals surface area contributed by atoms with Gasteiger partial charge in [-0.2, -0.15) is 0 Å². The first-order chi connectivity index (χ1) is 10.1. The molecule has 4 heteroatoms. The summed E-state index contributed by atoms with van der Waals surface area (Å²) in [6.07, 6.45) is 7.40. The van der Waals surface area contributed by atoms with Crippen molar-refractivity contribution in [3.63, 3.8) is 0 Å². The van der Waals surface area contributed by atoms with Gasteiger partial charge in [0.1, 0.15) is 0 Å². The Morgan fingerprint density at radius 3 is 2.19 bits per heavy atom. The van der Waals surface area contributed by atoms with E-state index in [4.69, 9.17) is 21.1 Å². The maximum Gasteiger partial charge on any atom is 0.162 e. The third-order valence-corrected chi connectivity index (χ3v) is 4.02. The lowest BCUT2D eigenvalue weighted by Gasteiger charge is -2.16. The van der Waals surface area contributed by atoms with Crippen LogP contribution in [0.4, 0.5) is 0 Å². The fourth-order valence-corrected chi connectivity index (χ4v) is 2.68. The standard InChI is InChI=1S/C17H27ClO3/c1-4-5-6-7-8-9-10-15(19)13-11-16(20-2)17(21-3)12-14(13)18/h11-12,15,19H,4-10H2,1-3H3. The van der Waals surface area contributed by atoms with Crippen LogP contribution in [0.25, 0.3) is 0 Å². The quantitative estimate of drug-likeness (QED) is 0.608. The van der Waals surface area contributed by atoms with Crippen LogP contribution in [0.2, 0.25) is 5.02 Å². The first-order valence-corrected chi connectivity index (χ1v) is 8.11. The monoisotopic (exact) mass is 314 g/mol. The van der Waals surface area contributed by atoms with Crippen molar-refractivity contribution in [3.05, 3.63) is 22.7 Å². The number of hydrogen-bond donors (Lipinski definition) is 1. The van der Waals surface area contributed by atoms with Crippen molar-refractivity contribution in [1.29, 1.82) is 0 Å². The van der Waals surface area contributed by atoms with Crippen LogP contribution in [-0.4, -0.2) is 19.3 Å². The Bertz CT molecular complexity index is 421. The maximum absolute atomic E-state index is 10.3. The normalized spacial score (nSPS) is 12.2. The Hall–Kier alpha value is -0.930. The van der Waals surface area contributed by atoms with E-state index in [-0.39, 0.29) is 0 Å². The highest BCUT2D eigenvalue weighted by Gasteiger charge is 2.16. The van der Waals surface area contributed by atoms with Gasteiger partial charge in [-0.25, -0.2) is 0 Å². The van der Waals surface area contributed by atoms with Gasteiger partial charge in [0.2, 0.25) is 0 Å². The van der Waals surface area contributed by atoms with Crippen LogP contribution in [0.5, 0.6) is 11.5 Å². The van der Waals surface area contributed by atoms with Gasteiger partial charge in [0, 0.05) is 11.6 Å². The number of methoxy groups -OCH3 is 2. The highest BCUT2D eigenvalue weighted by Crippen LogP contribution is 2.37. The summed E-state index contributed by atoms with van der Waals surface area (Å²) in [6, 6.07) is 3.46. The van der Waals surface area contributed by atoms with Gasteiger partial charge in [0.25, 0.3) is 0 Å². The van der Waals surface area contributed by atoms with Gasteiger partial charge in [0.05, 0.1) is 25.3 Å². The van der Waals surface area contributed by atoms with Crippen molar-refractivity contribution in [1.82, 2.24) is 0 Å². The minimum Gasteiger partial charge on any atom is -0.493 e. The maximum atomic E-state index is 10.3. The number of aliphatic hydroxyl groups is 1. The van der Waals surface area contributed by atoms with E-state index >= 15 is 0 Å². The van der Waals surface area contributed by atoms with Crippen LogP contribution < -0.4 is 9.47 Å². The largest absolute Gasteiger partial charge is 0.493 e.